The van der Waals surface area contributed by atoms with Crippen LogP contribution in [0.4, 0.5) is 0 Å². The predicted molar refractivity (Wildman–Crippen MR) is 109 cm³/mol. The molecule has 6 nitrogen and oxygen atoms in total. The van der Waals surface area contributed by atoms with E-state index in [2.05, 4.69) is 0 Å². The van der Waals surface area contributed by atoms with Crippen LogP contribution in [0.15, 0.2) is 60.7 Å². The van der Waals surface area contributed by atoms with Crippen LogP contribution in [0, 0.1) is 5.41 Å². The molecule has 0 atom stereocenters. The molecule has 0 aliphatic carbocycles. The van der Waals surface area contributed by atoms with Gasteiger partial charge in [0.25, 0.3) is 0 Å². The quantitative estimate of drug-likeness (QED) is 0.396. The second-order valence-corrected chi connectivity index (χ2v) is 6.35. The van der Waals surface area contributed by atoms with Crippen LogP contribution in [0.5, 0.6) is 11.5 Å². The third-order valence-electron chi connectivity index (χ3n) is 4.41. The lowest BCUT2D eigenvalue weighted by atomic mass is 9.81. The molecule has 6 heteroatoms. The molecule has 0 unspecified atom stereocenters. The lowest BCUT2D eigenvalue weighted by Gasteiger charge is -2.29. The summed E-state index contributed by atoms with van der Waals surface area (Å²) in [7, 11) is 0. The molecule has 0 bridgehead atoms. The summed E-state index contributed by atoms with van der Waals surface area (Å²) in [6.45, 7) is 4.06. The van der Waals surface area contributed by atoms with Gasteiger partial charge in [-0.1, -0.05) is 36.4 Å². The van der Waals surface area contributed by atoms with Crippen LogP contribution in [0.25, 0.3) is 0 Å². The van der Waals surface area contributed by atoms with Crippen molar-refractivity contribution in [1.82, 2.24) is 0 Å². The van der Waals surface area contributed by atoms with Gasteiger partial charge in [-0.15, -0.1) is 0 Å². The molecular weight excluding hydrogens is 372 g/mol. The molecule has 156 valence electrons. The minimum atomic E-state index is -1.49. The first-order valence-corrected chi connectivity index (χ1v) is 9.82. The molecule has 0 aliphatic heterocycles. The van der Waals surface area contributed by atoms with Crippen LogP contribution < -0.4 is 9.47 Å². The zero-order chi connectivity index (χ0) is 21.0. The van der Waals surface area contributed by atoms with Crippen molar-refractivity contribution in [2.45, 2.75) is 26.7 Å². The number of ether oxygens (including phenoxy) is 4. The summed E-state index contributed by atoms with van der Waals surface area (Å²) in [5.41, 5.74) is -1.49. The first kappa shape index (κ1) is 22.3. The monoisotopic (exact) mass is 400 g/mol. The molecule has 2 aromatic rings. The van der Waals surface area contributed by atoms with Gasteiger partial charge >= 0.3 is 11.9 Å². The number of hydrogen-bond acceptors (Lipinski definition) is 6. The molecule has 0 aliphatic rings. The van der Waals surface area contributed by atoms with E-state index in [0.29, 0.717) is 11.5 Å². The van der Waals surface area contributed by atoms with Crippen LogP contribution in [0.2, 0.25) is 0 Å². The number of carbonyl (C=O) groups is 2. The van der Waals surface area contributed by atoms with Crippen molar-refractivity contribution in [2.75, 3.05) is 26.4 Å². The number of benzene rings is 2. The number of hydrogen-bond donors (Lipinski definition) is 0. The standard InChI is InChI=1S/C23H28O6/c1-3-26-21(24)23(22(25)27-4-2,15-17-28-19-11-7-5-8-12-19)16-18-29-20-13-9-6-10-14-20/h5-14H,3-4,15-18H2,1-2H3. The molecule has 0 spiro atoms. The molecule has 0 aromatic heterocycles. The number of esters is 2. The van der Waals surface area contributed by atoms with E-state index in [1.807, 2.05) is 60.7 Å². The Morgan fingerprint density at radius 2 is 1.07 bits per heavy atom. The van der Waals surface area contributed by atoms with Crippen molar-refractivity contribution in [2.24, 2.45) is 5.41 Å². The second-order valence-electron chi connectivity index (χ2n) is 6.35. The van der Waals surface area contributed by atoms with Gasteiger partial charge < -0.3 is 18.9 Å². The van der Waals surface area contributed by atoms with Crippen LogP contribution in [-0.2, 0) is 19.1 Å². The summed E-state index contributed by atoms with van der Waals surface area (Å²) < 4.78 is 21.9. The van der Waals surface area contributed by atoms with Crippen LogP contribution >= 0.6 is 0 Å². The number of carbonyl (C=O) groups excluding carboxylic acids is 2. The normalized spacial score (nSPS) is 10.8. The van der Waals surface area contributed by atoms with E-state index < -0.39 is 17.4 Å². The fourth-order valence-corrected chi connectivity index (χ4v) is 2.87. The Morgan fingerprint density at radius 1 is 0.690 bits per heavy atom. The Balaban J connectivity index is 2.14. The van der Waals surface area contributed by atoms with Gasteiger partial charge in [0.2, 0.25) is 0 Å². The highest BCUT2D eigenvalue weighted by atomic mass is 16.6. The first-order valence-electron chi connectivity index (χ1n) is 9.82. The summed E-state index contributed by atoms with van der Waals surface area (Å²) in [4.78, 5) is 25.7. The summed E-state index contributed by atoms with van der Waals surface area (Å²) >= 11 is 0. The fraction of sp³-hybridized carbons (Fsp3) is 0.391. The van der Waals surface area contributed by atoms with Gasteiger partial charge in [-0.2, -0.15) is 0 Å². The summed E-state index contributed by atoms with van der Waals surface area (Å²) in [6.07, 6.45) is 0.245. The molecule has 29 heavy (non-hydrogen) atoms. The predicted octanol–water partition coefficient (Wildman–Crippen LogP) is 4.04. The smallest absolute Gasteiger partial charge is 0.323 e. The SMILES string of the molecule is CCOC(=O)C(CCOc1ccccc1)(CCOc1ccccc1)C(=O)OCC. The van der Waals surface area contributed by atoms with Crippen LogP contribution in [-0.4, -0.2) is 38.4 Å². The molecule has 2 rings (SSSR count). The number of para-hydroxylation sites is 2. The molecule has 0 N–H and O–H groups in total. The largest absolute Gasteiger partial charge is 0.494 e. The van der Waals surface area contributed by atoms with Gasteiger partial charge in [-0.3, -0.25) is 9.59 Å². The van der Waals surface area contributed by atoms with Crippen molar-refractivity contribution < 1.29 is 28.5 Å². The van der Waals surface area contributed by atoms with Crippen molar-refractivity contribution in [3.05, 3.63) is 60.7 Å². The van der Waals surface area contributed by atoms with E-state index in [1.54, 1.807) is 13.8 Å². The van der Waals surface area contributed by atoms with E-state index in [1.165, 1.54) is 0 Å². The zero-order valence-electron chi connectivity index (χ0n) is 17.0. The Labute approximate surface area is 171 Å². The summed E-state index contributed by atoms with van der Waals surface area (Å²) in [5, 5.41) is 0. The lowest BCUT2D eigenvalue weighted by molar-refractivity contribution is -0.174. The van der Waals surface area contributed by atoms with Crippen LogP contribution in [0.1, 0.15) is 26.7 Å². The number of rotatable bonds is 12. The maximum Gasteiger partial charge on any atom is 0.323 e. The first-order chi connectivity index (χ1) is 14.1. The van der Waals surface area contributed by atoms with Gasteiger partial charge in [0.05, 0.1) is 26.4 Å². The topological polar surface area (TPSA) is 71.1 Å². The van der Waals surface area contributed by atoms with Crippen molar-refractivity contribution in [3.8, 4) is 11.5 Å². The molecule has 0 saturated carbocycles. The zero-order valence-corrected chi connectivity index (χ0v) is 17.0. The molecule has 2 aromatic carbocycles. The second kappa shape index (κ2) is 11.7. The highest BCUT2D eigenvalue weighted by molar-refractivity contribution is 6.00. The molecule has 0 fully saturated rings. The van der Waals surface area contributed by atoms with Crippen molar-refractivity contribution >= 4 is 11.9 Å². The van der Waals surface area contributed by atoms with Crippen molar-refractivity contribution in [3.63, 3.8) is 0 Å². The minimum Gasteiger partial charge on any atom is -0.494 e. The molecule has 0 saturated heterocycles. The Hall–Kier alpha value is -3.02. The van der Waals surface area contributed by atoms with Gasteiger partial charge in [-0.25, -0.2) is 0 Å². The highest BCUT2D eigenvalue weighted by Crippen LogP contribution is 2.32. The van der Waals surface area contributed by atoms with Gasteiger partial charge in [0, 0.05) is 12.8 Å². The lowest BCUT2D eigenvalue weighted by Crippen LogP contribution is -2.44. The third-order valence-corrected chi connectivity index (χ3v) is 4.41. The van der Waals surface area contributed by atoms with E-state index >= 15 is 0 Å². The highest BCUT2D eigenvalue weighted by Gasteiger charge is 2.48. The Morgan fingerprint density at radius 3 is 1.41 bits per heavy atom. The average Bonchev–Trinajstić information content (AvgIpc) is 2.74. The maximum absolute atomic E-state index is 12.8. The van der Waals surface area contributed by atoms with Gasteiger partial charge in [-0.05, 0) is 38.1 Å². The van der Waals surface area contributed by atoms with Gasteiger partial charge in [0.15, 0.2) is 5.41 Å². The Kier molecular flexibility index (Phi) is 9.02. The van der Waals surface area contributed by atoms with Crippen LogP contribution in [0.3, 0.4) is 0 Å². The minimum absolute atomic E-state index is 0.123. The maximum atomic E-state index is 12.8. The van der Waals surface area contributed by atoms with E-state index in [9.17, 15) is 9.59 Å². The molecule has 0 radical (unpaired) electrons. The summed E-state index contributed by atoms with van der Waals surface area (Å²) in [5.74, 6) is 0.0860. The third kappa shape index (κ3) is 6.52. The van der Waals surface area contributed by atoms with Crippen molar-refractivity contribution in [1.29, 1.82) is 0 Å². The van der Waals surface area contributed by atoms with E-state index in [4.69, 9.17) is 18.9 Å². The Bertz CT molecular complexity index is 679. The van der Waals surface area contributed by atoms with Gasteiger partial charge in [0.1, 0.15) is 11.5 Å². The average molecular weight is 400 g/mol. The summed E-state index contributed by atoms with van der Waals surface area (Å²) in [6, 6.07) is 18.4. The molecule has 0 amide bonds. The molecule has 0 heterocycles. The molecular formula is C23H28O6. The van der Waals surface area contributed by atoms with E-state index in [0.717, 1.165) is 0 Å². The van der Waals surface area contributed by atoms with E-state index in [-0.39, 0.29) is 39.3 Å². The fourth-order valence-electron chi connectivity index (χ4n) is 2.87.